The summed E-state index contributed by atoms with van der Waals surface area (Å²) < 4.78 is 5.64. The molecule has 1 fully saturated rings. The van der Waals surface area contributed by atoms with Crippen molar-refractivity contribution < 1.29 is 14.6 Å². The topological polar surface area (TPSA) is 46.5 Å². The standard InChI is InChI=1S/C19H20O3/c1-9-5-4-6-13-15(9)19(22-11(3)20)16-12-7-10(2)14(8-12)17(16)18(13)21/h4-6,10,12,14,21H,7-8H2,1-3H3. The molecule has 2 aliphatic rings. The zero-order chi connectivity index (χ0) is 15.6. The van der Waals surface area contributed by atoms with Gasteiger partial charge >= 0.3 is 5.97 Å². The Morgan fingerprint density at radius 3 is 2.77 bits per heavy atom. The zero-order valence-electron chi connectivity index (χ0n) is 13.1. The lowest BCUT2D eigenvalue weighted by atomic mass is 9.81. The highest BCUT2D eigenvalue weighted by Gasteiger charge is 2.46. The number of hydrogen-bond acceptors (Lipinski definition) is 3. The van der Waals surface area contributed by atoms with Gasteiger partial charge in [-0.2, -0.15) is 0 Å². The van der Waals surface area contributed by atoms with Crippen molar-refractivity contribution in [3.63, 3.8) is 0 Å². The predicted octanol–water partition coefficient (Wildman–Crippen LogP) is 4.39. The van der Waals surface area contributed by atoms with E-state index in [1.807, 2.05) is 25.1 Å². The number of benzene rings is 2. The molecule has 0 amide bonds. The van der Waals surface area contributed by atoms with E-state index < -0.39 is 0 Å². The number of ether oxygens (including phenoxy) is 1. The summed E-state index contributed by atoms with van der Waals surface area (Å²) in [5.41, 5.74) is 3.14. The van der Waals surface area contributed by atoms with E-state index in [1.54, 1.807) is 0 Å². The summed E-state index contributed by atoms with van der Waals surface area (Å²) in [6, 6.07) is 5.86. The molecular formula is C19H20O3. The Bertz CT molecular complexity index is 806. The van der Waals surface area contributed by atoms with Gasteiger partial charge in [0.15, 0.2) is 0 Å². The van der Waals surface area contributed by atoms with E-state index in [4.69, 9.17) is 4.74 Å². The fourth-order valence-electron chi connectivity index (χ4n) is 4.61. The van der Waals surface area contributed by atoms with E-state index >= 15 is 0 Å². The smallest absolute Gasteiger partial charge is 0.308 e. The second-order valence-electron chi connectivity index (χ2n) is 6.85. The van der Waals surface area contributed by atoms with Crippen LogP contribution in [0.2, 0.25) is 0 Å². The van der Waals surface area contributed by atoms with Gasteiger partial charge in [0.25, 0.3) is 0 Å². The molecule has 114 valence electrons. The number of rotatable bonds is 1. The molecule has 22 heavy (non-hydrogen) atoms. The van der Waals surface area contributed by atoms with Gasteiger partial charge in [0.1, 0.15) is 11.5 Å². The predicted molar refractivity (Wildman–Crippen MR) is 85.5 cm³/mol. The summed E-state index contributed by atoms with van der Waals surface area (Å²) in [5, 5.41) is 12.5. The molecule has 0 radical (unpaired) electrons. The van der Waals surface area contributed by atoms with Crippen LogP contribution in [-0.4, -0.2) is 11.1 Å². The van der Waals surface area contributed by atoms with Crippen molar-refractivity contribution in [1.29, 1.82) is 0 Å². The SMILES string of the molecule is CC(=O)Oc1c2c(c(O)c3cccc(C)c13)C1CC2CC1C. The average molecular weight is 296 g/mol. The van der Waals surface area contributed by atoms with E-state index in [0.29, 0.717) is 29.3 Å². The van der Waals surface area contributed by atoms with Crippen LogP contribution in [0, 0.1) is 12.8 Å². The molecule has 3 atom stereocenters. The Labute approximate surface area is 129 Å². The summed E-state index contributed by atoms with van der Waals surface area (Å²) in [6.07, 6.45) is 2.18. The maximum absolute atomic E-state index is 11.6. The van der Waals surface area contributed by atoms with Crippen LogP contribution in [0.15, 0.2) is 18.2 Å². The van der Waals surface area contributed by atoms with Crippen LogP contribution in [0.4, 0.5) is 0 Å². The third-order valence-corrected chi connectivity index (χ3v) is 5.45. The van der Waals surface area contributed by atoms with Crippen molar-refractivity contribution >= 4 is 16.7 Å². The van der Waals surface area contributed by atoms with Gasteiger partial charge in [-0.05, 0) is 43.1 Å². The minimum Gasteiger partial charge on any atom is -0.507 e. The first-order valence-electron chi connectivity index (χ1n) is 7.95. The highest BCUT2D eigenvalue weighted by molar-refractivity contribution is 6.00. The highest BCUT2D eigenvalue weighted by Crippen LogP contribution is 2.63. The van der Waals surface area contributed by atoms with Gasteiger partial charge < -0.3 is 9.84 Å². The molecule has 2 aliphatic carbocycles. The van der Waals surface area contributed by atoms with Gasteiger partial charge in [-0.25, -0.2) is 0 Å². The number of hydrogen-bond donors (Lipinski definition) is 1. The molecule has 2 aromatic rings. The van der Waals surface area contributed by atoms with E-state index in [-0.39, 0.29) is 5.97 Å². The molecule has 4 rings (SSSR count). The number of carbonyl (C=O) groups excluding carboxylic acids is 1. The Morgan fingerprint density at radius 1 is 1.27 bits per heavy atom. The van der Waals surface area contributed by atoms with Crippen LogP contribution in [0.25, 0.3) is 10.8 Å². The molecule has 3 heteroatoms. The molecule has 2 aromatic carbocycles. The van der Waals surface area contributed by atoms with Crippen molar-refractivity contribution in [3.8, 4) is 11.5 Å². The number of phenolic OH excluding ortho intramolecular Hbond substituents is 1. The van der Waals surface area contributed by atoms with Gasteiger partial charge in [0.2, 0.25) is 0 Å². The number of aromatic hydroxyl groups is 1. The quantitative estimate of drug-likeness (QED) is 0.627. The van der Waals surface area contributed by atoms with E-state index in [9.17, 15) is 9.90 Å². The molecule has 0 aromatic heterocycles. The summed E-state index contributed by atoms with van der Waals surface area (Å²) in [7, 11) is 0. The number of carbonyl (C=O) groups is 1. The Balaban J connectivity index is 2.12. The maximum atomic E-state index is 11.6. The van der Waals surface area contributed by atoms with Crippen LogP contribution in [0.1, 0.15) is 55.2 Å². The molecule has 2 bridgehead atoms. The first-order chi connectivity index (χ1) is 10.5. The van der Waals surface area contributed by atoms with Crippen LogP contribution >= 0.6 is 0 Å². The lowest BCUT2D eigenvalue weighted by molar-refractivity contribution is -0.131. The first-order valence-corrected chi connectivity index (χ1v) is 7.95. The molecule has 0 heterocycles. The molecular weight excluding hydrogens is 276 g/mol. The zero-order valence-corrected chi connectivity index (χ0v) is 13.1. The molecule has 0 saturated heterocycles. The van der Waals surface area contributed by atoms with Gasteiger partial charge in [-0.3, -0.25) is 4.79 Å². The summed E-state index contributed by atoms with van der Waals surface area (Å²) >= 11 is 0. The Kier molecular flexibility index (Phi) is 2.77. The van der Waals surface area contributed by atoms with Crippen molar-refractivity contribution in [2.24, 2.45) is 5.92 Å². The lowest BCUT2D eigenvalue weighted by Gasteiger charge is -2.26. The molecule has 0 spiro atoms. The first kappa shape index (κ1) is 13.6. The number of esters is 1. The fraction of sp³-hybridized carbons (Fsp3) is 0.421. The van der Waals surface area contributed by atoms with Gasteiger partial charge in [-0.15, -0.1) is 0 Å². The summed E-state index contributed by atoms with van der Waals surface area (Å²) in [6.45, 7) is 5.69. The fourth-order valence-corrected chi connectivity index (χ4v) is 4.61. The van der Waals surface area contributed by atoms with Crippen molar-refractivity contribution in [3.05, 3.63) is 34.9 Å². The Morgan fingerprint density at radius 2 is 2.05 bits per heavy atom. The third kappa shape index (κ3) is 1.65. The molecule has 0 aliphatic heterocycles. The Hall–Kier alpha value is -2.03. The molecule has 3 unspecified atom stereocenters. The van der Waals surface area contributed by atoms with Crippen LogP contribution in [0.3, 0.4) is 0 Å². The van der Waals surface area contributed by atoms with E-state index in [1.165, 1.54) is 6.92 Å². The van der Waals surface area contributed by atoms with Gasteiger partial charge in [0.05, 0.1) is 0 Å². The van der Waals surface area contributed by atoms with Gasteiger partial charge in [0, 0.05) is 28.8 Å². The van der Waals surface area contributed by atoms with Crippen LogP contribution in [0.5, 0.6) is 11.5 Å². The molecule has 1 N–H and O–H groups in total. The highest BCUT2D eigenvalue weighted by atomic mass is 16.5. The number of aryl methyl sites for hydroxylation is 1. The summed E-state index contributed by atoms with van der Waals surface area (Å²) in [4.78, 5) is 11.6. The largest absolute Gasteiger partial charge is 0.507 e. The average Bonchev–Trinajstić information content (AvgIpc) is 3.00. The minimum absolute atomic E-state index is 0.298. The van der Waals surface area contributed by atoms with Crippen LogP contribution < -0.4 is 4.74 Å². The van der Waals surface area contributed by atoms with E-state index in [2.05, 4.69) is 6.92 Å². The van der Waals surface area contributed by atoms with Crippen molar-refractivity contribution in [2.75, 3.05) is 0 Å². The summed E-state index contributed by atoms with van der Waals surface area (Å²) in [5.74, 6) is 2.15. The van der Waals surface area contributed by atoms with Crippen molar-refractivity contribution in [2.45, 2.75) is 45.4 Å². The number of phenols is 1. The van der Waals surface area contributed by atoms with Crippen molar-refractivity contribution in [1.82, 2.24) is 0 Å². The molecule has 3 nitrogen and oxygen atoms in total. The lowest BCUT2D eigenvalue weighted by Crippen LogP contribution is -2.12. The van der Waals surface area contributed by atoms with E-state index in [0.717, 1.165) is 40.3 Å². The second kappa shape index (κ2) is 4.48. The maximum Gasteiger partial charge on any atom is 0.308 e. The monoisotopic (exact) mass is 296 g/mol. The minimum atomic E-state index is -0.298. The number of fused-ring (bicyclic) bond motifs is 6. The van der Waals surface area contributed by atoms with Crippen LogP contribution in [-0.2, 0) is 4.79 Å². The normalized spacial score (nSPS) is 25.5. The van der Waals surface area contributed by atoms with Gasteiger partial charge in [-0.1, -0.05) is 25.1 Å². The molecule has 1 saturated carbocycles. The second-order valence-corrected chi connectivity index (χ2v) is 6.85. The third-order valence-electron chi connectivity index (χ3n) is 5.45.